The van der Waals surface area contributed by atoms with Crippen molar-refractivity contribution in [2.75, 3.05) is 6.61 Å². The van der Waals surface area contributed by atoms with Crippen molar-refractivity contribution < 1.29 is 9.53 Å². The topological polar surface area (TPSA) is 26.3 Å². The van der Waals surface area contributed by atoms with E-state index in [9.17, 15) is 4.79 Å². The van der Waals surface area contributed by atoms with Gasteiger partial charge in [-0.2, -0.15) is 0 Å². The fourth-order valence-electron chi connectivity index (χ4n) is 5.87. The highest BCUT2D eigenvalue weighted by Gasteiger charge is 2.52. The molecular formula is C22H38O2. The molecule has 0 N–H and O–H groups in total. The summed E-state index contributed by atoms with van der Waals surface area (Å²) in [5.74, 6) is 1.79. The van der Waals surface area contributed by atoms with Gasteiger partial charge in [0.05, 0.1) is 6.61 Å². The number of carbonyl (C=O) groups excluding carboxylic acids is 1. The Hall–Kier alpha value is -0.790. The summed E-state index contributed by atoms with van der Waals surface area (Å²) in [5.41, 5.74) is 2.33. The monoisotopic (exact) mass is 334 g/mol. The third kappa shape index (κ3) is 4.06. The van der Waals surface area contributed by atoms with E-state index in [2.05, 4.69) is 34.3 Å². The lowest BCUT2D eigenvalue weighted by Crippen LogP contribution is -2.49. The molecule has 4 unspecified atom stereocenters. The highest BCUT2D eigenvalue weighted by molar-refractivity contribution is 5.69. The number of carbonyl (C=O) groups is 1. The first-order valence-electron chi connectivity index (χ1n) is 10.0. The van der Waals surface area contributed by atoms with E-state index in [1.807, 2.05) is 6.92 Å². The van der Waals surface area contributed by atoms with Gasteiger partial charge >= 0.3 is 5.97 Å². The minimum absolute atomic E-state index is 0.0460. The van der Waals surface area contributed by atoms with Gasteiger partial charge in [-0.05, 0) is 74.0 Å². The Kier molecular flexibility index (Phi) is 6.20. The first kappa shape index (κ1) is 19.5. The molecule has 2 saturated carbocycles. The van der Waals surface area contributed by atoms with Crippen LogP contribution in [0.1, 0.15) is 86.0 Å². The maximum Gasteiger partial charge on any atom is 0.306 e. The first-order valence-corrected chi connectivity index (χ1v) is 10.0. The van der Waals surface area contributed by atoms with Crippen molar-refractivity contribution >= 4 is 5.97 Å². The van der Waals surface area contributed by atoms with Crippen molar-refractivity contribution in [1.82, 2.24) is 0 Å². The SMILES string of the molecule is C=C1CCC2C(C)(C)CCCC2(C)C1CCC(C)CC(=O)OCC. The van der Waals surface area contributed by atoms with E-state index in [0.717, 1.165) is 12.3 Å². The highest BCUT2D eigenvalue weighted by Crippen LogP contribution is 2.61. The smallest absolute Gasteiger partial charge is 0.306 e. The van der Waals surface area contributed by atoms with Gasteiger partial charge in [0.25, 0.3) is 0 Å². The maximum absolute atomic E-state index is 11.7. The molecule has 2 aliphatic rings. The highest BCUT2D eigenvalue weighted by atomic mass is 16.5. The normalized spacial score (nSPS) is 33.6. The number of rotatable bonds is 6. The second-order valence-corrected chi connectivity index (χ2v) is 9.34. The van der Waals surface area contributed by atoms with Gasteiger partial charge in [-0.15, -0.1) is 0 Å². The Morgan fingerprint density at radius 3 is 2.71 bits per heavy atom. The van der Waals surface area contributed by atoms with Crippen molar-refractivity contribution in [3.63, 3.8) is 0 Å². The minimum Gasteiger partial charge on any atom is -0.466 e. The van der Waals surface area contributed by atoms with Gasteiger partial charge in [0.15, 0.2) is 0 Å². The van der Waals surface area contributed by atoms with E-state index in [1.165, 1.54) is 44.1 Å². The Bertz CT molecular complexity index is 465. The lowest BCUT2D eigenvalue weighted by molar-refractivity contribution is -0.144. The van der Waals surface area contributed by atoms with Gasteiger partial charge in [0, 0.05) is 6.42 Å². The zero-order chi connectivity index (χ0) is 18.0. The molecule has 0 radical (unpaired) electrons. The summed E-state index contributed by atoms with van der Waals surface area (Å²) in [7, 11) is 0. The number of allylic oxidation sites excluding steroid dienone is 1. The number of esters is 1. The summed E-state index contributed by atoms with van der Waals surface area (Å²) >= 11 is 0. The summed E-state index contributed by atoms with van der Waals surface area (Å²) in [6, 6.07) is 0. The predicted octanol–water partition coefficient (Wildman–Crippen LogP) is 6.15. The zero-order valence-corrected chi connectivity index (χ0v) is 16.6. The molecule has 0 aromatic carbocycles. The van der Waals surface area contributed by atoms with Crippen LogP contribution in [0.4, 0.5) is 0 Å². The third-order valence-electron chi connectivity index (χ3n) is 7.09. The second kappa shape index (κ2) is 7.62. The molecule has 0 saturated heterocycles. The van der Waals surface area contributed by atoms with Gasteiger partial charge in [-0.1, -0.05) is 46.3 Å². The fraction of sp³-hybridized carbons (Fsp3) is 0.864. The van der Waals surface area contributed by atoms with E-state index >= 15 is 0 Å². The van der Waals surface area contributed by atoms with E-state index in [1.54, 1.807) is 0 Å². The van der Waals surface area contributed by atoms with Gasteiger partial charge in [0.2, 0.25) is 0 Å². The molecule has 2 nitrogen and oxygen atoms in total. The Labute approximate surface area is 149 Å². The van der Waals surface area contributed by atoms with E-state index in [0.29, 0.717) is 35.7 Å². The molecule has 2 rings (SSSR count). The lowest BCUT2D eigenvalue weighted by atomic mass is 9.47. The van der Waals surface area contributed by atoms with Gasteiger partial charge in [-0.3, -0.25) is 4.79 Å². The van der Waals surface area contributed by atoms with Crippen LogP contribution < -0.4 is 0 Å². The number of hydrogen-bond donors (Lipinski definition) is 0. The number of fused-ring (bicyclic) bond motifs is 1. The minimum atomic E-state index is -0.0460. The van der Waals surface area contributed by atoms with Crippen LogP contribution in [0.2, 0.25) is 0 Å². The first-order chi connectivity index (χ1) is 11.2. The Morgan fingerprint density at radius 2 is 2.04 bits per heavy atom. The van der Waals surface area contributed by atoms with Gasteiger partial charge in [0.1, 0.15) is 0 Å². The number of hydrogen-bond acceptors (Lipinski definition) is 2. The van der Waals surface area contributed by atoms with Gasteiger partial charge < -0.3 is 4.74 Å². The third-order valence-corrected chi connectivity index (χ3v) is 7.09. The summed E-state index contributed by atoms with van der Waals surface area (Å²) in [6.07, 6.45) is 9.41. The van der Waals surface area contributed by atoms with E-state index in [-0.39, 0.29) is 5.97 Å². The molecule has 0 aliphatic heterocycles. The van der Waals surface area contributed by atoms with Crippen molar-refractivity contribution in [2.45, 2.75) is 86.0 Å². The molecule has 2 heteroatoms. The van der Waals surface area contributed by atoms with Crippen LogP contribution in [-0.2, 0) is 9.53 Å². The van der Waals surface area contributed by atoms with Crippen LogP contribution in [0.3, 0.4) is 0 Å². The molecular weight excluding hydrogens is 296 g/mol. The summed E-state index contributed by atoms with van der Waals surface area (Å²) < 4.78 is 5.10. The fourth-order valence-corrected chi connectivity index (χ4v) is 5.87. The maximum atomic E-state index is 11.7. The number of ether oxygens (including phenoxy) is 1. The Morgan fingerprint density at radius 1 is 1.33 bits per heavy atom. The average Bonchev–Trinajstić information content (AvgIpc) is 2.45. The standard InChI is InChI=1S/C22H38O2/c1-7-24-20(23)15-16(2)9-11-18-17(3)10-12-19-21(4,5)13-8-14-22(18,19)6/h16,18-19H,3,7-15H2,1-2,4-6H3. The van der Waals surface area contributed by atoms with Crippen LogP contribution in [0.5, 0.6) is 0 Å². The van der Waals surface area contributed by atoms with Crippen molar-refractivity contribution in [2.24, 2.45) is 28.6 Å². The largest absolute Gasteiger partial charge is 0.466 e. The second-order valence-electron chi connectivity index (χ2n) is 9.34. The Balaban J connectivity index is 2.02. The molecule has 0 aromatic rings. The molecule has 0 amide bonds. The van der Waals surface area contributed by atoms with Crippen molar-refractivity contribution in [1.29, 1.82) is 0 Å². The predicted molar refractivity (Wildman–Crippen MR) is 101 cm³/mol. The molecule has 0 aromatic heterocycles. The van der Waals surface area contributed by atoms with Gasteiger partial charge in [-0.25, -0.2) is 0 Å². The summed E-state index contributed by atoms with van der Waals surface area (Å²) in [5, 5.41) is 0. The van der Waals surface area contributed by atoms with Crippen LogP contribution >= 0.6 is 0 Å². The van der Waals surface area contributed by atoms with E-state index < -0.39 is 0 Å². The zero-order valence-electron chi connectivity index (χ0n) is 16.6. The van der Waals surface area contributed by atoms with Crippen molar-refractivity contribution in [3.05, 3.63) is 12.2 Å². The van der Waals surface area contributed by atoms with E-state index in [4.69, 9.17) is 4.74 Å². The van der Waals surface area contributed by atoms with Crippen LogP contribution in [0.15, 0.2) is 12.2 Å². The molecule has 2 fully saturated rings. The molecule has 0 spiro atoms. The quantitative estimate of drug-likeness (QED) is 0.430. The van der Waals surface area contributed by atoms with Crippen LogP contribution in [-0.4, -0.2) is 12.6 Å². The molecule has 24 heavy (non-hydrogen) atoms. The molecule has 138 valence electrons. The average molecular weight is 335 g/mol. The van der Waals surface area contributed by atoms with Crippen LogP contribution in [0.25, 0.3) is 0 Å². The summed E-state index contributed by atoms with van der Waals surface area (Å²) in [4.78, 5) is 11.7. The van der Waals surface area contributed by atoms with Crippen molar-refractivity contribution in [3.8, 4) is 0 Å². The molecule has 4 atom stereocenters. The molecule has 0 bridgehead atoms. The molecule has 2 aliphatic carbocycles. The summed E-state index contributed by atoms with van der Waals surface area (Å²) in [6.45, 7) is 16.5. The lowest BCUT2D eigenvalue weighted by Gasteiger charge is -2.58. The van der Waals surface area contributed by atoms with Crippen LogP contribution in [0, 0.1) is 28.6 Å². The molecule has 0 heterocycles.